The molecule has 2 aliphatic heterocycles. The van der Waals surface area contributed by atoms with E-state index in [9.17, 15) is 31.1 Å². The topological polar surface area (TPSA) is 42.0 Å². The molecule has 0 bridgehead atoms. The maximum atomic E-state index is 13.1. The molecule has 0 radical (unpaired) electrons. The number of amides is 1. The molecule has 8 rings (SSSR count). The van der Waals surface area contributed by atoms with Crippen molar-refractivity contribution < 1.29 is 40.6 Å². The molecule has 0 N–H and O–H groups in total. The van der Waals surface area contributed by atoms with Crippen molar-refractivity contribution in [1.29, 1.82) is 0 Å². The fourth-order valence-electron chi connectivity index (χ4n) is 7.25. The summed E-state index contributed by atoms with van der Waals surface area (Å²) in [6, 6.07) is 38.8. The Morgan fingerprint density at radius 2 is 0.949 bits per heavy atom. The van der Waals surface area contributed by atoms with Gasteiger partial charge in [-0.2, -0.15) is 26.3 Å². The van der Waals surface area contributed by atoms with Gasteiger partial charge in [0.1, 0.15) is 23.0 Å². The van der Waals surface area contributed by atoms with E-state index in [0.29, 0.717) is 56.3 Å². The summed E-state index contributed by atoms with van der Waals surface area (Å²) < 4.78 is 90.1. The second-order valence-electron chi connectivity index (χ2n) is 14.0. The highest BCUT2D eigenvalue weighted by molar-refractivity contribution is 6.30. The van der Waals surface area contributed by atoms with Gasteiger partial charge in [0.05, 0.1) is 23.2 Å². The van der Waals surface area contributed by atoms with Crippen LogP contribution >= 0.6 is 23.2 Å². The number of ether oxygens (including phenoxy) is 2. The monoisotopic (exact) mass is 848 g/mol. The third-order valence-electron chi connectivity index (χ3n) is 10.0. The van der Waals surface area contributed by atoms with Crippen molar-refractivity contribution in [3.8, 4) is 23.0 Å². The molecule has 0 aliphatic carbocycles. The van der Waals surface area contributed by atoms with Gasteiger partial charge in [-0.05, 0) is 152 Å². The number of benzene rings is 6. The number of carbonyl (C=O) groups is 1. The van der Waals surface area contributed by atoms with Crippen LogP contribution in [0.4, 0.5) is 37.7 Å². The average molecular weight is 850 g/mol. The van der Waals surface area contributed by atoms with E-state index in [1.54, 1.807) is 89.8 Å². The molecule has 5 nitrogen and oxygen atoms in total. The van der Waals surface area contributed by atoms with Gasteiger partial charge >= 0.3 is 12.4 Å². The molecule has 6 aromatic rings. The molecule has 6 aromatic carbocycles. The minimum Gasteiger partial charge on any atom is -0.457 e. The predicted octanol–water partition coefficient (Wildman–Crippen LogP) is 14.5. The molecular weight excluding hydrogens is 813 g/mol. The van der Waals surface area contributed by atoms with Crippen molar-refractivity contribution in [2.75, 3.05) is 16.3 Å². The normalized spacial score (nSPS) is 16.8. The molecule has 0 spiro atoms. The standard InChI is InChI=1S/C23H17ClF3NO2.C23H19ClF3NO/c24-17-4-8-19(9-5-17)30-20-10-6-18(7-11-20)28-21(12-13-22(28)29)15-2-1-3-16(14-15)23(25,26)27;24-18-6-10-20(11-7-18)29-21-12-8-19(9-13-21)28-14-2-5-22(28)16-3-1-4-17(15-16)23(25,26)27/h1-11,14,21H,12-13H2;1,3-4,6-13,15,22H,2,5,14H2/t21-;22-/m11/s1. The molecule has 2 atom stereocenters. The summed E-state index contributed by atoms with van der Waals surface area (Å²) in [5, 5.41) is 1.24. The Labute approximate surface area is 347 Å². The van der Waals surface area contributed by atoms with Gasteiger partial charge in [-0.3, -0.25) is 4.79 Å². The number of rotatable bonds is 8. The number of nitrogens with zero attached hydrogens (tertiary/aromatic N) is 2. The summed E-state index contributed by atoms with van der Waals surface area (Å²) in [6.07, 6.45) is -6.26. The predicted molar refractivity (Wildman–Crippen MR) is 218 cm³/mol. The van der Waals surface area contributed by atoms with Gasteiger partial charge in [0.2, 0.25) is 5.91 Å². The van der Waals surface area contributed by atoms with E-state index in [4.69, 9.17) is 32.7 Å². The average Bonchev–Trinajstić information content (AvgIpc) is 3.87. The van der Waals surface area contributed by atoms with Crippen LogP contribution in [0.1, 0.15) is 60.0 Å². The first-order valence-electron chi connectivity index (χ1n) is 18.7. The third-order valence-corrected chi connectivity index (χ3v) is 10.5. The van der Waals surface area contributed by atoms with Gasteiger partial charge in [0, 0.05) is 34.4 Å². The summed E-state index contributed by atoms with van der Waals surface area (Å²) in [5.41, 5.74) is 1.42. The van der Waals surface area contributed by atoms with Crippen LogP contribution in [0.3, 0.4) is 0 Å². The molecule has 0 unspecified atom stereocenters. The Kier molecular flexibility index (Phi) is 12.4. The van der Waals surface area contributed by atoms with E-state index in [-0.39, 0.29) is 18.4 Å². The Morgan fingerprint density at radius 3 is 1.41 bits per heavy atom. The first kappa shape index (κ1) is 41.5. The van der Waals surface area contributed by atoms with Crippen LogP contribution in [0, 0.1) is 0 Å². The third kappa shape index (κ3) is 10.3. The minimum atomic E-state index is -4.43. The molecule has 2 fully saturated rings. The molecule has 2 heterocycles. The molecule has 2 aliphatic rings. The number of hydrogen-bond acceptors (Lipinski definition) is 4. The van der Waals surface area contributed by atoms with Gasteiger partial charge in [-0.25, -0.2) is 0 Å². The van der Waals surface area contributed by atoms with Crippen LogP contribution < -0.4 is 19.3 Å². The van der Waals surface area contributed by atoms with Crippen LogP contribution in [0.25, 0.3) is 0 Å². The molecular formula is C46H36Cl2F6N2O3. The fraction of sp³-hybridized carbons (Fsp3) is 0.196. The quantitative estimate of drug-likeness (QED) is 0.143. The highest BCUT2D eigenvalue weighted by Crippen LogP contribution is 2.41. The molecule has 0 aromatic heterocycles. The number of alkyl halides is 6. The maximum absolute atomic E-state index is 13.1. The summed E-state index contributed by atoms with van der Waals surface area (Å²) in [6.45, 7) is 0.804. The number of carbonyl (C=O) groups excluding carboxylic acids is 1. The SMILES string of the molecule is FC(F)(F)c1cccc([C@H]2CCCN2c2ccc(Oc3ccc(Cl)cc3)cc2)c1.O=C1CC[C@H](c2cccc(C(F)(F)F)c2)N1c1ccc(Oc2ccc(Cl)cc2)cc1. The highest BCUT2D eigenvalue weighted by atomic mass is 35.5. The van der Waals surface area contributed by atoms with Crippen molar-refractivity contribution in [3.63, 3.8) is 0 Å². The first-order chi connectivity index (χ1) is 28.2. The van der Waals surface area contributed by atoms with Gasteiger partial charge in [-0.1, -0.05) is 47.5 Å². The van der Waals surface area contributed by atoms with Gasteiger partial charge in [0.15, 0.2) is 0 Å². The second kappa shape index (κ2) is 17.7. The van der Waals surface area contributed by atoms with Crippen LogP contribution in [0.15, 0.2) is 146 Å². The Morgan fingerprint density at radius 1 is 0.525 bits per heavy atom. The summed E-state index contributed by atoms with van der Waals surface area (Å²) in [7, 11) is 0. The Balaban J connectivity index is 0.000000179. The van der Waals surface area contributed by atoms with Crippen molar-refractivity contribution in [2.45, 2.75) is 50.1 Å². The van der Waals surface area contributed by atoms with Crippen molar-refractivity contribution in [3.05, 3.63) is 178 Å². The van der Waals surface area contributed by atoms with Crippen molar-refractivity contribution in [1.82, 2.24) is 0 Å². The Hall–Kier alpha value is -5.65. The molecule has 59 heavy (non-hydrogen) atoms. The van der Waals surface area contributed by atoms with E-state index < -0.39 is 29.5 Å². The smallest absolute Gasteiger partial charge is 0.416 e. The van der Waals surface area contributed by atoms with E-state index in [1.165, 1.54) is 18.2 Å². The largest absolute Gasteiger partial charge is 0.457 e. The van der Waals surface area contributed by atoms with Crippen molar-refractivity contribution in [2.24, 2.45) is 0 Å². The van der Waals surface area contributed by atoms with Gasteiger partial charge in [-0.15, -0.1) is 0 Å². The maximum Gasteiger partial charge on any atom is 0.416 e. The van der Waals surface area contributed by atoms with E-state index >= 15 is 0 Å². The minimum absolute atomic E-state index is 0.0691. The molecule has 1 amide bonds. The summed E-state index contributed by atoms with van der Waals surface area (Å²) in [4.78, 5) is 16.2. The van der Waals surface area contributed by atoms with Crippen molar-refractivity contribution >= 4 is 40.5 Å². The zero-order chi connectivity index (χ0) is 41.7. The molecule has 0 saturated carbocycles. The van der Waals surface area contributed by atoms with Crippen LogP contribution in [0.5, 0.6) is 23.0 Å². The lowest BCUT2D eigenvalue weighted by Crippen LogP contribution is -2.27. The molecule has 304 valence electrons. The fourth-order valence-corrected chi connectivity index (χ4v) is 7.50. The second-order valence-corrected chi connectivity index (χ2v) is 14.9. The first-order valence-corrected chi connectivity index (χ1v) is 19.5. The number of anilines is 2. The van der Waals surface area contributed by atoms with Gasteiger partial charge < -0.3 is 19.3 Å². The van der Waals surface area contributed by atoms with Crippen LogP contribution in [-0.2, 0) is 17.1 Å². The van der Waals surface area contributed by atoms with E-state index in [1.807, 2.05) is 24.3 Å². The van der Waals surface area contributed by atoms with E-state index in [0.717, 1.165) is 43.3 Å². The summed E-state index contributed by atoms with van der Waals surface area (Å²) in [5.74, 6) is 2.44. The van der Waals surface area contributed by atoms with Crippen LogP contribution in [0.2, 0.25) is 10.0 Å². The Bertz CT molecular complexity index is 2350. The lowest BCUT2D eigenvalue weighted by Gasteiger charge is -2.28. The zero-order valence-corrected chi connectivity index (χ0v) is 32.7. The molecule has 2 saturated heterocycles. The van der Waals surface area contributed by atoms with E-state index in [2.05, 4.69) is 4.90 Å². The number of halogens is 8. The molecule has 13 heteroatoms. The zero-order valence-electron chi connectivity index (χ0n) is 31.2. The number of hydrogen-bond donors (Lipinski definition) is 0. The van der Waals surface area contributed by atoms with Gasteiger partial charge in [0.25, 0.3) is 0 Å². The van der Waals surface area contributed by atoms with Crippen LogP contribution in [-0.4, -0.2) is 12.5 Å². The highest BCUT2D eigenvalue weighted by Gasteiger charge is 2.36. The summed E-state index contributed by atoms with van der Waals surface area (Å²) >= 11 is 11.7. The lowest BCUT2D eigenvalue weighted by atomic mass is 10.0. The lowest BCUT2D eigenvalue weighted by molar-refractivity contribution is -0.138.